The molecule has 7 heteroatoms. The van der Waals surface area contributed by atoms with Gasteiger partial charge in [0.2, 0.25) is 0 Å². The average molecular weight is 317 g/mol. The Morgan fingerprint density at radius 3 is 2.36 bits per heavy atom. The van der Waals surface area contributed by atoms with Gasteiger partial charge in [0.15, 0.2) is 5.60 Å². The zero-order chi connectivity index (χ0) is 16.5. The minimum Gasteiger partial charge on any atom is -0.380 e. The maximum atomic E-state index is 12.9. The van der Waals surface area contributed by atoms with E-state index in [0.29, 0.717) is 13.1 Å². The van der Waals surface area contributed by atoms with E-state index < -0.39 is 17.7 Å². The van der Waals surface area contributed by atoms with Crippen LogP contribution in [0.25, 0.3) is 0 Å². The number of rotatable bonds is 3. The van der Waals surface area contributed by atoms with Crippen LogP contribution in [-0.2, 0) is 0 Å². The number of alkyl halides is 3. The molecular formula is C15H22F3N3O. The number of piperidine rings is 1. The minimum absolute atomic E-state index is 0.198. The molecule has 1 fully saturated rings. The first-order chi connectivity index (χ1) is 10.1. The number of hydrogen-bond donors (Lipinski definition) is 1. The molecule has 1 aromatic rings. The first kappa shape index (κ1) is 17.0. The molecule has 0 aromatic carbocycles. The van der Waals surface area contributed by atoms with Gasteiger partial charge >= 0.3 is 6.18 Å². The molecule has 0 amide bonds. The van der Waals surface area contributed by atoms with Gasteiger partial charge in [-0.15, -0.1) is 0 Å². The van der Waals surface area contributed by atoms with E-state index in [4.69, 9.17) is 0 Å². The summed E-state index contributed by atoms with van der Waals surface area (Å²) in [5.74, 6) is 0.879. The number of aromatic nitrogens is 2. The summed E-state index contributed by atoms with van der Waals surface area (Å²) in [5, 5.41) is 9.78. The minimum atomic E-state index is -4.60. The molecule has 0 spiro atoms. The third-order valence-corrected chi connectivity index (χ3v) is 4.36. The Kier molecular flexibility index (Phi) is 4.65. The van der Waals surface area contributed by atoms with Crippen LogP contribution in [0.15, 0.2) is 12.3 Å². The van der Waals surface area contributed by atoms with E-state index in [2.05, 4.69) is 9.97 Å². The van der Waals surface area contributed by atoms with Gasteiger partial charge in [-0.05, 0) is 31.7 Å². The molecule has 124 valence electrons. The Hall–Kier alpha value is -1.37. The topological polar surface area (TPSA) is 49.2 Å². The first-order valence-corrected chi connectivity index (χ1v) is 7.50. The van der Waals surface area contributed by atoms with Crippen LogP contribution in [-0.4, -0.2) is 39.9 Å². The molecule has 1 aliphatic heterocycles. The van der Waals surface area contributed by atoms with Crippen molar-refractivity contribution in [3.63, 3.8) is 0 Å². The molecule has 2 rings (SSSR count). The Bertz CT molecular complexity index is 509. The van der Waals surface area contributed by atoms with Crippen molar-refractivity contribution in [1.29, 1.82) is 0 Å². The molecule has 4 nitrogen and oxygen atoms in total. The summed E-state index contributed by atoms with van der Waals surface area (Å²) < 4.78 is 38.7. The largest absolute Gasteiger partial charge is 0.417 e. The van der Waals surface area contributed by atoms with Crippen LogP contribution in [0.2, 0.25) is 0 Å². The van der Waals surface area contributed by atoms with Crippen LogP contribution < -0.4 is 4.90 Å². The average Bonchev–Trinajstić information content (AvgIpc) is 2.46. The van der Waals surface area contributed by atoms with Crippen LogP contribution in [0.1, 0.15) is 45.4 Å². The van der Waals surface area contributed by atoms with Crippen molar-refractivity contribution in [3.8, 4) is 0 Å². The lowest BCUT2D eigenvalue weighted by molar-refractivity contribution is -0.273. The number of anilines is 1. The second kappa shape index (κ2) is 6.02. The van der Waals surface area contributed by atoms with Crippen molar-refractivity contribution in [2.24, 2.45) is 5.92 Å². The molecule has 1 aromatic heterocycles. The van der Waals surface area contributed by atoms with E-state index in [1.165, 1.54) is 0 Å². The van der Waals surface area contributed by atoms with Crippen LogP contribution in [0, 0.1) is 5.92 Å². The zero-order valence-corrected chi connectivity index (χ0v) is 13.1. The summed E-state index contributed by atoms with van der Waals surface area (Å²) in [4.78, 5) is 10.6. The lowest BCUT2D eigenvalue weighted by atomic mass is 9.81. The molecular weight excluding hydrogens is 295 g/mol. The van der Waals surface area contributed by atoms with Gasteiger partial charge in [-0.25, -0.2) is 9.97 Å². The number of halogens is 3. The van der Waals surface area contributed by atoms with Crippen molar-refractivity contribution in [2.45, 2.75) is 51.3 Å². The first-order valence-electron chi connectivity index (χ1n) is 7.50. The van der Waals surface area contributed by atoms with Crippen molar-refractivity contribution < 1.29 is 18.3 Å². The molecule has 1 aliphatic rings. The standard InChI is InChI=1S/C15H22F3N3O/c1-10(2)13-19-7-4-12(20-13)21-8-5-11(6-9-21)14(3,22)15(16,17)18/h4,7,10-11,22H,5-6,8-9H2,1-3H3. The van der Waals surface area contributed by atoms with Gasteiger partial charge in [-0.3, -0.25) is 0 Å². The monoisotopic (exact) mass is 317 g/mol. The molecule has 0 saturated carbocycles. The highest BCUT2D eigenvalue weighted by molar-refractivity contribution is 5.38. The van der Waals surface area contributed by atoms with Crippen molar-refractivity contribution in [2.75, 3.05) is 18.0 Å². The summed E-state index contributed by atoms with van der Waals surface area (Å²) in [6.45, 7) is 5.75. The van der Waals surface area contributed by atoms with E-state index >= 15 is 0 Å². The van der Waals surface area contributed by atoms with Gasteiger partial charge < -0.3 is 10.0 Å². The third kappa shape index (κ3) is 3.34. The molecule has 2 heterocycles. The smallest absolute Gasteiger partial charge is 0.380 e. The normalized spacial score (nSPS) is 20.3. The van der Waals surface area contributed by atoms with E-state index in [1.807, 2.05) is 18.7 Å². The Labute approximate surface area is 128 Å². The Morgan fingerprint density at radius 2 is 1.86 bits per heavy atom. The maximum Gasteiger partial charge on any atom is 0.417 e. The fraction of sp³-hybridized carbons (Fsp3) is 0.733. The van der Waals surface area contributed by atoms with Gasteiger partial charge in [0.1, 0.15) is 11.6 Å². The second-order valence-corrected chi connectivity index (χ2v) is 6.33. The Balaban J connectivity index is 2.05. The third-order valence-electron chi connectivity index (χ3n) is 4.36. The highest BCUT2D eigenvalue weighted by Crippen LogP contribution is 2.40. The van der Waals surface area contributed by atoms with Crippen LogP contribution >= 0.6 is 0 Å². The summed E-state index contributed by atoms with van der Waals surface area (Å²) in [7, 11) is 0. The number of nitrogens with zero attached hydrogens (tertiary/aromatic N) is 3. The SMILES string of the molecule is CC(C)c1nccc(N2CCC(C(C)(O)C(F)(F)F)CC2)n1. The molecule has 0 bridgehead atoms. The maximum absolute atomic E-state index is 12.9. The predicted molar refractivity (Wildman–Crippen MR) is 77.7 cm³/mol. The molecule has 1 N–H and O–H groups in total. The van der Waals surface area contributed by atoms with Gasteiger partial charge in [0, 0.05) is 25.2 Å². The second-order valence-electron chi connectivity index (χ2n) is 6.33. The van der Waals surface area contributed by atoms with Gasteiger partial charge in [0.05, 0.1) is 0 Å². The fourth-order valence-corrected chi connectivity index (χ4v) is 2.72. The van der Waals surface area contributed by atoms with E-state index in [-0.39, 0.29) is 18.8 Å². The van der Waals surface area contributed by atoms with E-state index in [9.17, 15) is 18.3 Å². The highest BCUT2D eigenvalue weighted by atomic mass is 19.4. The fourth-order valence-electron chi connectivity index (χ4n) is 2.72. The molecule has 1 atom stereocenters. The highest BCUT2D eigenvalue weighted by Gasteiger charge is 2.54. The van der Waals surface area contributed by atoms with E-state index in [1.54, 1.807) is 12.3 Å². The Morgan fingerprint density at radius 1 is 1.27 bits per heavy atom. The summed E-state index contributed by atoms with van der Waals surface area (Å²) in [6.07, 6.45) is -2.35. The lowest BCUT2D eigenvalue weighted by Crippen LogP contribution is -2.52. The zero-order valence-electron chi connectivity index (χ0n) is 13.1. The lowest BCUT2D eigenvalue weighted by Gasteiger charge is -2.40. The number of aliphatic hydroxyl groups is 1. The summed E-state index contributed by atoms with van der Waals surface area (Å²) in [6, 6.07) is 1.77. The van der Waals surface area contributed by atoms with Crippen LogP contribution in [0.4, 0.5) is 19.0 Å². The molecule has 1 unspecified atom stereocenters. The van der Waals surface area contributed by atoms with E-state index in [0.717, 1.165) is 18.6 Å². The number of hydrogen-bond acceptors (Lipinski definition) is 4. The molecule has 0 aliphatic carbocycles. The van der Waals surface area contributed by atoms with Gasteiger partial charge in [-0.1, -0.05) is 13.8 Å². The molecule has 0 radical (unpaired) electrons. The van der Waals surface area contributed by atoms with Gasteiger partial charge in [0.25, 0.3) is 0 Å². The summed E-state index contributed by atoms with van der Waals surface area (Å²) >= 11 is 0. The predicted octanol–water partition coefficient (Wildman–Crippen LogP) is 3.13. The van der Waals surface area contributed by atoms with Gasteiger partial charge in [-0.2, -0.15) is 13.2 Å². The summed E-state index contributed by atoms with van der Waals surface area (Å²) in [5.41, 5.74) is -2.63. The molecule has 22 heavy (non-hydrogen) atoms. The molecule has 1 saturated heterocycles. The van der Waals surface area contributed by atoms with Crippen molar-refractivity contribution >= 4 is 5.82 Å². The van der Waals surface area contributed by atoms with Crippen LogP contribution in [0.5, 0.6) is 0 Å². The van der Waals surface area contributed by atoms with Crippen molar-refractivity contribution in [1.82, 2.24) is 9.97 Å². The quantitative estimate of drug-likeness (QED) is 0.930. The van der Waals surface area contributed by atoms with Crippen molar-refractivity contribution in [3.05, 3.63) is 18.1 Å². The van der Waals surface area contributed by atoms with Crippen LogP contribution in [0.3, 0.4) is 0 Å².